The van der Waals surface area contributed by atoms with Crippen LogP contribution in [0.15, 0.2) is 24.3 Å². The molecule has 0 bridgehead atoms. The summed E-state index contributed by atoms with van der Waals surface area (Å²) in [5.74, 6) is 2.58. The van der Waals surface area contributed by atoms with Crippen LogP contribution in [0.4, 0.5) is 0 Å². The van der Waals surface area contributed by atoms with Crippen molar-refractivity contribution in [1.82, 2.24) is 5.32 Å². The molecule has 0 aromatic heterocycles. The van der Waals surface area contributed by atoms with Crippen LogP contribution in [0.1, 0.15) is 24.1 Å². The second kappa shape index (κ2) is 6.17. The minimum Gasteiger partial charge on any atom is -0.312 e. The molecule has 1 aliphatic heterocycles. The normalized spacial score (nSPS) is 26.8. The lowest BCUT2D eigenvalue weighted by Crippen LogP contribution is -2.36. The van der Waals surface area contributed by atoms with Crippen LogP contribution in [-0.4, -0.2) is 29.1 Å². The molecule has 1 aromatic rings. The monoisotopic (exact) mass is 267 g/mol. The van der Waals surface area contributed by atoms with E-state index >= 15 is 0 Å². The third-order valence-corrected chi connectivity index (χ3v) is 6.59. The van der Waals surface area contributed by atoms with Gasteiger partial charge in [-0.3, -0.25) is 0 Å². The van der Waals surface area contributed by atoms with Gasteiger partial charge in [0.25, 0.3) is 0 Å². The highest BCUT2D eigenvalue weighted by atomic mass is 32.2. The van der Waals surface area contributed by atoms with Crippen molar-refractivity contribution in [3.63, 3.8) is 0 Å². The number of benzene rings is 1. The van der Waals surface area contributed by atoms with Crippen LogP contribution >= 0.6 is 23.5 Å². The topological polar surface area (TPSA) is 12.0 Å². The molecular formula is C14H21NS2. The lowest BCUT2D eigenvalue weighted by Gasteiger charge is -2.35. The SMILES string of the molecule is CNC(c1ccccc1C)C1SCCSC1C. The van der Waals surface area contributed by atoms with Gasteiger partial charge in [-0.15, -0.1) is 0 Å². The number of rotatable bonds is 3. The summed E-state index contributed by atoms with van der Waals surface area (Å²) in [6, 6.07) is 9.23. The summed E-state index contributed by atoms with van der Waals surface area (Å²) in [7, 11) is 2.09. The Morgan fingerprint density at radius 3 is 2.59 bits per heavy atom. The summed E-state index contributed by atoms with van der Waals surface area (Å²) in [5, 5.41) is 4.93. The fourth-order valence-electron chi connectivity index (χ4n) is 2.45. The number of hydrogen-bond acceptors (Lipinski definition) is 3. The average molecular weight is 267 g/mol. The van der Waals surface area contributed by atoms with E-state index in [9.17, 15) is 0 Å². The zero-order valence-electron chi connectivity index (χ0n) is 10.8. The van der Waals surface area contributed by atoms with Crippen LogP contribution in [0.2, 0.25) is 0 Å². The quantitative estimate of drug-likeness (QED) is 0.900. The maximum atomic E-state index is 3.53. The largest absolute Gasteiger partial charge is 0.312 e. The molecule has 1 saturated heterocycles. The zero-order chi connectivity index (χ0) is 12.3. The number of hydrogen-bond donors (Lipinski definition) is 1. The Labute approximate surface area is 113 Å². The molecule has 3 unspecified atom stereocenters. The van der Waals surface area contributed by atoms with E-state index in [0.717, 1.165) is 5.25 Å². The molecule has 0 aliphatic carbocycles. The summed E-state index contributed by atoms with van der Waals surface area (Å²) >= 11 is 4.23. The van der Waals surface area contributed by atoms with Crippen LogP contribution in [0.3, 0.4) is 0 Å². The summed E-state index contributed by atoms with van der Waals surface area (Å²) in [5.41, 5.74) is 2.86. The van der Waals surface area contributed by atoms with Crippen LogP contribution in [0.5, 0.6) is 0 Å². The van der Waals surface area contributed by atoms with E-state index in [1.54, 1.807) is 0 Å². The fraction of sp³-hybridized carbons (Fsp3) is 0.571. The molecule has 1 nitrogen and oxygen atoms in total. The van der Waals surface area contributed by atoms with Crippen molar-refractivity contribution in [2.24, 2.45) is 0 Å². The summed E-state index contributed by atoms with van der Waals surface area (Å²) in [6.45, 7) is 4.58. The van der Waals surface area contributed by atoms with E-state index in [1.165, 1.54) is 22.6 Å². The second-order valence-electron chi connectivity index (χ2n) is 4.53. The zero-order valence-corrected chi connectivity index (χ0v) is 12.4. The molecule has 2 rings (SSSR count). The molecular weight excluding hydrogens is 246 g/mol. The predicted molar refractivity (Wildman–Crippen MR) is 81.1 cm³/mol. The van der Waals surface area contributed by atoms with Gasteiger partial charge < -0.3 is 5.32 Å². The summed E-state index contributed by atoms with van der Waals surface area (Å²) in [6.07, 6.45) is 0. The predicted octanol–water partition coefficient (Wildman–Crippen LogP) is 3.49. The van der Waals surface area contributed by atoms with Crippen molar-refractivity contribution in [3.8, 4) is 0 Å². The third-order valence-electron chi connectivity index (χ3n) is 3.40. The van der Waals surface area contributed by atoms with Crippen LogP contribution < -0.4 is 5.32 Å². The van der Waals surface area contributed by atoms with E-state index in [-0.39, 0.29) is 0 Å². The Hall–Kier alpha value is -0.120. The molecule has 17 heavy (non-hydrogen) atoms. The van der Waals surface area contributed by atoms with Gasteiger partial charge in [0.2, 0.25) is 0 Å². The van der Waals surface area contributed by atoms with Gasteiger partial charge in [-0.05, 0) is 25.1 Å². The van der Waals surface area contributed by atoms with Crippen molar-refractivity contribution in [1.29, 1.82) is 0 Å². The van der Waals surface area contributed by atoms with Crippen molar-refractivity contribution in [2.75, 3.05) is 18.6 Å². The van der Waals surface area contributed by atoms with Crippen LogP contribution in [-0.2, 0) is 0 Å². The fourth-order valence-corrected chi connectivity index (χ4v) is 5.43. The molecule has 3 atom stereocenters. The van der Waals surface area contributed by atoms with E-state index in [4.69, 9.17) is 0 Å². The lowest BCUT2D eigenvalue weighted by molar-refractivity contribution is 0.558. The highest BCUT2D eigenvalue weighted by Gasteiger charge is 2.30. The number of aryl methyl sites for hydroxylation is 1. The first-order valence-electron chi connectivity index (χ1n) is 6.20. The first-order valence-corrected chi connectivity index (χ1v) is 8.29. The first kappa shape index (κ1) is 13.3. The van der Waals surface area contributed by atoms with Gasteiger partial charge in [0.15, 0.2) is 0 Å². The van der Waals surface area contributed by atoms with Crippen LogP contribution in [0.25, 0.3) is 0 Å². The molecule has 1 heterocycles. The summed E-state index contributed by atoms with van der Waals surface area (Å²) in [4.78, 5) is 0. The highest BCUT2D eigenvalue weighted by Crippen LogP contribution is 2.39. The van der Waals surface area contributed by atoms with Crippen LogP contribution in [0, 0.1) is 6.92 Å². The molecule has 0 amide bonds. The molecule has 1 fully saturated rings. The van der Waals surface area contributed by atoms with E-state index in [1.807, 2.05) is 0 Å². The smallest absolute Gasteiger partial charge is 0.0451 e. The maximum Gasteiger partial charge on any atom is 0.0451 e. The minimum absolute atomic E-state index is 0.476. The van der Waals surface area contributed by atoms with E-state index in [2.05, 4.69) is 74.0 Å². The highest BCUT2D eigenvalue weighted by molar-refractivity contribution is 8.07. The number of thioether (sulfide) groups is 2. The lowest BCUT2D eigenvalue weighted by atomic mass is 9.97. The molecule has 1 aromatic carbocycles. The van der Waals surface area contributed by atoms with Gasteiger partial charge in [-0.25, -0.2) is 0 Å². The van der Waals surface area contributed by atoms with Gasteiger partial charge in [-0.2, -0.15) is 23.5 Å². The minimum atomic E-state index is 0.476. The van der Waals surface area contributed by atoms with Crippen molar-refractivity contribution in [3.05, 3.63) is 35.4 Å². The third kappa shape index (κ3) is 3.01. The Balaban J connectivity index is 2.23. The van der Waals surface area contributed by atoms with Gasteiger partial charge in [0.1, 0.15) is 0 Å². The Bertz CT molecular complexity index is 367. The van der Waals surface area contributed by atoms with Crippen molar-refractivity contribution < 1.29 is 0 Å². The maximum absolute atomic E-state index is 3.53. The number of nitrogens with one attached hydrogen (secondary N) is 1. The van der Waals surface area contributed by atoms with Gasteiger partial charge in [0.05, 0.1) is 0 Å². The molecule has 94 valence electrons. The summed E-state index contributed by atoms with van der Waals surface area (Å²) < 4.78 is 0. The van der Waals surface area contributed by atoms with E-state index in [0.29, 0.717) is 11.3 Å². The van der Waals surface area contributed by atoms with Crippen molar-refractivity contribution >= 4 is 23.5 Å². The standard InChI is InChI=1S/C14H21NS2/c1-10-6-4-5-7-12(10)13(15-3)14-11(2)16-8-9-17-14/h4-7,11,13-15H,8-9H2,1-3H3. The van der Waals surface area contributed by atoms with Gasteiger partial charge in [-0.1, -0.05) is 31.2 Å². The van der Waals surface area contributed by atoms with E-state index < -0.39 is 0 Å². The van der Waals surface area contributed by atoms with Gasteiger partial charge >= 0.3 is 0 Å². The average Bonchev–Trinajstić information content (AvgIpc) is 2.34. The first-order chi connectivity index (χ1) is 8.24. The Morgan fingerprint density at radius 1 is 1.24 bits per heavy atom. The molecule has 0 spiro atoms. The van der Waals surface area contributed by atoms with Gasteiger partial charge in [0, 0.05) is 28.0 Å². The molecule has 3 heteroatoms. The Kier molecular flexibility index (Phi) is 4.83. The van der Waals surface area contributed by atoms with Crippen molar-refractivity contribution in [2.45, 2.75) is 30.4 Å². The molecule has 1 aliphatic rings. The molecule has 0 radical (unpaired) electrons. The second-order valence-corrected chi connectivity index (χ2v) is 7.31. The molecule has 1 N–H and O–H groups in total. The Morgan fingerprint density at radius 2 is 1.94 bits per heavy atom. The molecule has 0 saturated carbocycles.